The van der Waals surface area contributed by atoms with E-state index in [1.807, 2.05) is 24.3 Å². The van der Waals surface area contributed by atoms with Crippen molar-refractivity contribution in [3.05, 3.63) is 200 Å². The summed E-state index contributed by atoms with van der Waals surface area (Å²) in [4.78, 5) is 13.1. The molecule has 2 aromatic heterocycles. The van der Waals surface area contributed by atoms with Gasteiger partial charge in [0, 0.05) is 44.3 Å². The van der Waals surface area contributed by atoms with Crippen molar-refractivity contribution >= 4 is 71.6 Å². The highest BCUT2D eigenvalue weighted by molar-refractivity contribution is 6.19. The van der Waals surface area contributed by atoms with Gasteiger partial charge in [-0.25, -0.2) is 9.97 Å². The fourth-order valence-electron chi connectivity index (χ4n) is 8.12. The Morgan fingerprint density at radius 1 is 0.357 bits per heavy atom. The van der Waals surface area contributed by atoms with E-state index in [0.29, 0.717) is 0 Å². The molecule has 0 amide bonds. The number of aromatic nitrogens is 2. The number of anilines is 3. The normalized spacial score (nSPS) is 11.6. The molecule has 0 radical (unpaired) electrons. The summed E-state index contributed by atoms with van der Waals surface area (Å²) in [7, 11) is 0. The lowest BCUT2D eigenvalue weighted by Crippen LogP contribution is -2.09. The highest BCUT2D eigenvalue weighted by Crippen LogP contribution is 2.42. The third-order valence-electron chi connectivity index (χ3n) is 10.8. The third-order valence-corrected chi connectivity index (χ3v) is 10.8. The molecule has 0 aliphatic heterocycles. The van der Waals surface area contributed by atoms with E-state index in [0.717, 1.165) is 94.1 Å². The predicted molar refractivity (Wildman–Crippen MR) is 233 cm³/mol. The summed E-state index contributed by atoms with van der Waals surface area (Å²) < 4.78 is 6.24. The molecule has 11 aromatic rings. The van der Waals surface area contributed by atoms with Gasteiger partial charge in [-0.3, -0.25) is 0 Å². The minimum absolute atomic E-state index is 0.869. The van der Waals surface area contributed by atoms with Crippen molar-refractivity contribution in [2.24, 2.45) is 0 Å². The van der Waals surface area contributed by atoms with Crippen LogP contribution in [0.3, 0.4) is 0 Å². The standard InChI is InChI=1S/C52H33N3O/c1-4-12-34(13-5-1)35-22-25-40(26-23-35)55(42-28-31-48-45(33-42)44-18-10-11-19-47(44)56-48)41-27-29-43-39(32-41)21-20-36-24-30-46-52(49(36)43)54-51(38-16-8-3-9-17-38)50(53-46)37-14-6-2-7-15-37/h1-33H. The van der Waals surface area contributed by atoms with Gasteiger partial charge in [0.05, 0.1) is 22.4 Å². The van der Waals surface area contributed by atoms with Crippen LogP contribution in [0.4, 0.5) is 17.1 Å². The van der Waals surface area contributed by atoms with Crippen LogP contribution in [0, 0.1) is 0 Å². The number of benzene rings is 9. The van der Waals surface area contributed by atoms with E-state index in [4.69, 9.17) is 14.4 Å². The molecule has 0 saturated heterocycles. The van der Waals surface area contributed by atoms with Crippen LogP contribution in [-0.2, 0) is 0 Å². The second-order valence-electron chi connectivity index (χ2n) is 14.2. The topological polar surface area (TPSA) is 42.2 Å². The third kappa shape index (κ3) is 5.39. The summed E-state index contributed by atoms with van der Waals surface area (Å²) in [6.45, 7) is 0. The predicted octanol–water partition coefficient (Wildman–Crippen LogP) is 14.3. The van der Waals surface area contributed by atoms with Gasteiger partial charge in [0.1, 0.15) is 11.2 Å². The van der Waals surface area contributed by atoms with E-state index in [1.54, 1.807) is 0 Å². The molecule has 2 heterocycles. The highest BCUT2D eigenvalue weighted by Gasteiger charge is 2.19. The first-order valence-electron chi connectivity index (χ1n) is 18.9. The summed E-state index contributed by atoms with van der Waals surface area (Å²) in [6, 6.07) is 70.3. The molecular weight excluding hydrogens is 683 g/mol. The Hall–Kier alpha value is -7.56. The number of rotatable bonds is 6. The Bertz CT molecular complexity index is 3230. The summed E-state index contributed by atoms with van der Waals surface area (Å²) in [5.74, 6) is 0. The SMILES string of the molecule is c1ccc(-c2ccc(N(c3ccc4c(ccc5ccc6nc(-c7ccccc7)c(-c7ccccc7)nc6c54)c3)c3ccc4oc5ccccc5c4c3)cc2)cc1. The Balaban J connectivity index is 1.11. The van der Waals surface area contributed by atoms with Gasteiger partial charge in [0.15, 0.2) is 0 Å². The lowest BCUT2D eigenvalue weighted by Gasteiger charge is -2.26. The van der Waals surface area contributed by atoms with Gasteiger partial charge in [-0.2, -0.15) is 0 Å². The molecule has 56 heavy (non-hydrogen) atoms. The summed E-state index contributed by atoms with van der Waals surface area (Å²) in [5, 5.41) is 6.67. The quantitative estimate of drug-likeness (QED) is 0.161. The summed E-state index contributed by atoms with van der Waals surface area (Å²) >= 11 is 0. The molecule has 262 valence electrons. The average Bonchev–Trinajstić information content (AvgIpc) is 3.65. The zero-order valence-corrected chi connectivity index (χ0v) is 30.3. The maximum Gasteiger partial charge on any atom is 0.135 e. The molecule has 0 aliphatic rings. The molecule has 11 rings (SSSR count). The number of nitrogens with zero attached hydrogens (tertiary/aromatic N) is 3. The second-order valence-corrected chi connectivity index (χ2v) is 14.2. The van der Waals surface area contributed by atoms with Crippen LogP contribution in [0.1, 0.15) is 0 Å². The largest absolute Gasteiger partial charge is 0.456 e. The van der Waals surface area contributed by atoms with Crippen LogP contribution < -0.4 is 4.90 Å². The van der Waals surface area contributed by atoms with E-state index >= 15 is 0 Å². The van der Waals surface area contributed by atoms with Crippen LogP contribution in [-0.4, -0.2) is 9.97 Å². The van der Waals surface area contributed by atoms with Crippen molar-refractivity contribution < 1.29 is 4.42 Å². The van der Waals surface area contributed by atoms with Crippen molar-refractivity contribution in [3.8, 4) is 33.6 Å². The van der Waals surface area contributed by atoms with Crippen molar-refractivity contribution in [1.29, 1.82) is 0 Å². The smallest absolute Gasteiger partial charge is 0.135 e. The number of fused-ring (bicyclic) bond motifs is 8. The van der Waals surface area contributed by atoms with Gasteiger partial charge in [0.2, 0.25) is 0 Å². The zero-order chi connectivity index (χ0) is 37.0. The van der Waals surface area contributed by atoms with E-state index < -0.39 is 0 Å². The maximum atomic E-state index is 6.24. The van der Waals surface area contributed by atoms with Crippen molar-refractivity contribution in [2.45, 2.75) is 0 Å². The van der Waals surface area contributed by atoms with Crippen LogP contribution in [0.15, 0.2) is 205 Å². The zero-order valence-electron chi connectivity index (χ0n) is 30.3. The Kier molecular flexibility index (Phi) is 7.46. The Morgan fingerprint density at radius 2 is 0.911 bits per heavy atom. The molecule has 0 atom stereocenters. The first-order chi connectivity index (χ1) is 27.7. The first-order valence-corrected chi connectivity index (χ1v) is 18.9. The molecule has 0 spiro atoms. The molecule has 9 aromatic carbocycles. The number of para-hydroxylation sites is 1. The minimum Gasteiger partial charge on any atom is -0.456 e. The molecule has 0 aliphatic carbocycles. The molecule has 0 unspecified atom stereocenters. The highest BCUT2D eigenvalue weighted by atomic mass is 16.3. The maximum absolute atomic E-state index is 6.24. The molecule has 0 bridgehead atoms. The molecule has 0 saturated carbocycles. The molecular formula is C52H33N3O. The Morgan fingerprint density at radius 3 is 1.66 bits per heavy atom. The first kappa shape index (κ1) is 31.9. The van der Waals surface area contributed by atoms with Gasteiger partial charge in [0.25, 0.3) is 0 Å². The van der Waals surface area contributed by atoms with Gasteiger partial charge in [-0.1, -0.05) is 146 Å². The van der Waals surface area contributed by atoms with Crippen molar-refractivity contribution in [3.63, 3.8) is 0 Å². The number of hydrogen-bond donors (Lipinski definition) is 0. The van der Waals surface area contributed by atoms with Crippen LogP contribution in [0.5, 0.6) is 0 Å². The van der Waals surface area contributed by atoms with Gasteiger partial charge in [-0.05, 0) is 81.9 Å². The molecule has 0 N–H and O–H groups in total. The molecule has 4 heteroatoms. The fourth-order valence-corrected chi connectivity index (χ4v) is 8.12. The lowest BCUT2D eigenvalue weighted by atomic mass is 9.98. The van der Waals surface area contributed by atoms with E-state index in [2.05, 4.69) is 181 Å². The fraction of sp³-hybridized carbons (Fsp3) is 0. The van der Waals surface area contributed by atoms with Gasteiger partial charge >= 0.3 is 0 Å². The van der Waals surface area contributed by atoms with Crippen LogP contribution in [0.2, 0.25) is 0 Å². The number of furan rings is 1. The van der Waals surface area contributed by atoms with E-state index in [9.17, 15) is 0 Å². The lowest BCUT2D eigenvalue weighted by molar-refractivity contribution is 0.669. The Labute approximate surface area is 323 Å². The van der Waals surface area contributed by atoms with E-state index in [-0.39, 0.29) is 0 Å². The number of hydrogen-bond acceptors (Lipinski definition) is 4. The van der Waals surface area contributed by atoms with Gasteiger partial charge < -0.3 is 9.32 Å². The monoisotopic (exact) mass is 715 g/mol. The van der Waals surface area contributed by atoms with Crippen molar-refractivity contribution in [2.75, 3.05) is 4.90 Å². The van der Waals surface area contributed by atoms with Crippen LogP contribution >= 0.6 is 0 Å². The van der Waals surface area contributed by atoms with Crippen molar-refractivity contribution in [1.82, 2.24) is 9.97 Å². The van der Waals surface area contributed by atoms with Gasteiger partial charge in [-0.15, -0.1) is 0 Å². The van der Waals surface area contributed by atoms with Crippen LogP contribution in [0.25, 0.3) is 88.2 Å². The second kappa shape index (κ2) is 13.1. The average molecular weight is 716 g/mol. The summed E-state index contributed by atoms with van der Waals surface area (Å²) in [5.41, 5.74) is 12.9. The molecule has 0 fully saturated rings. The minimum atomic E-state index is 0.869. The molecule has 4 nitrogen and oxygen atoms in total. The summed E-state index contributed by atoms with van der Waals surface area (Å²) in [6.07, 6.45) is 0. The van der Waals surface area contributed by atoms with E-state index in [1.165, 1.54) is 11.1 Å².